The predicted molar refractivity (Wildman–Crippen MR) is 68.4 cm³/mol. The van der Waals surface area contributed by atoms with Crippen molar-refractivity contribution in [1.29, 1.82) is 0 Å². The highest BCUT2D eigenvalue weighted by Gasteiger charge is 2.11. The van der Waals surface area contributed by atoms with Crippen LogP contribution < -0.4 is 11.1 Å². The number of aryl methyl sites for hydroxylation is 1. The fourth-order valence-corrected chi connectivity index (χ4v) is 1.51. The molecular weight excluding hydrogens is 254 g/mol. The molecule has 0 radical (unpaired) electrons. The van der Waals surface area contributed by atoms with E-state index in [2.05, 4.69) is 20.3 Å². The van der Waals surface area contributed by atoms with Gasteiger partial charge in [0.1, 0.15) is 17.3 Å². The summed E-state index contributed by atoms with van der Waals surface area (Å²) in [6.07, 6.45) is 2.76. The monoisotopic (exact) mass is 263 g/mol. The van der Waals surface area contributed by atoms with E-state index < -0.39 is 0 Å². The van der Waals surface area contributed by atoms with Gasteiger partial charge in [0.2, 0.25) is 0 Å². The van der Waals surface area contributed by atoms with Crippen LogP contribution in [0.4, 0.5) is 11.5 Å². The lowest BCUT2D eigenvalue weighted by atomic mass is 10.2. The van der Waals surface area contributed by atoms with Crippen LogP contribution >= 0.6 is 11.6 Å². The molecular formula is C11H10ClN5O. The van der Waals surface area contributed by atoms with Crippen LogP contribution in [0, 0.1) is 6.92 Å². The Morgan fingerprint density at radius 2 is 2.11 bits per heavy atom. The van der Waals surface area contributed by atoms with E-state index in [1.54, 1.807) is 13.0 Å². The Kier molecular flexibility index (Phi) is 3.38. The first-order chi connectivity index (χ1) is 8.56. The van der Waals surface area contributed by atoms with Gasteiger partial charge in [0, 0.05) is 6.07 Å². The number of nitrogens with zero attached hydrogens (tertiary/aromatic N) is 3. The summed E-state index contributed by atoms with van der Waals surface area (Å²) in [5, 5.41) is 2.85. The third-order valence-electron chi connectivity index (χ3n) is 2.23. The van der Waals surface area contributed by atoms with Crippen molar-refractivity contribution in [3.63, 3.8) is 0 Å². The molecule has 1 amide bonds. The molecule has 18 heavy (non-hydrogen) atoms. The molecule has 0 unspecified atom stereocenters. The number of nitrogens with two attached hydrogens (primary N) is 1. The van der Waals surface area contributed by atoms with Crippen molar-refractivity contribution in [2.75, 3.05) is 11.1 Å². The molecule has 0 aliphatic carbocycles. The van der Waals surface area contributed by atoms with E-state index in [-0.39, 0.29) is 11.1 Å². The summed E-state index contributed by atoms with van der Waals surface area (Å²) >= 11 is 5.70. The molecule has 2 aromatic rings. The number of pyridine rings is 1. The van der Waals surface area contributed by atoms with Crippen LogP contribution in [0.25, 0.3) is 0 Å². The summed E-state index contributed by atoms with van der Waals surface area (Å²) in [7, 11) is 0. The van der Waals surface area contributed by atoms with Gasteiger partial charge in [-0.25, -0.2) is 9.97 Å². The zero-order valence-electron chi connectivity index (χ0n) is 9.51. The van der Waals surface area contributed by atoms with Crippen LogP contribution in [0.5, 0.6) is 0 Å². The molecule has 0 aromatic carbocycles. The maximum atomic E-state index is 12.0. The summed E-state index contributed by atoms with van der Waals surface area (Å²) in [5.41, 5.74) is 6.99. The molecule has 2 aromatic heterocycles. The molecule has 0 fully saturated rings. The molecule has 6 nitrogen and oxygen atoms in total. The van der Waals surface area contributed by atoms with Gasteiger partial charge >= 0.3 is 0 Å². The number of amides is 1. The van der Waals surface area contributed by atoms with Gasteiger partial charge < -0.3 is 11.1 Å². The van der Waals surface area contributed by atoms with Crippen molar-refractivity contribution in [3.05, 3.63) is 41.1 Å². The average molecular weight is 264 g/mol. The normalized spacial score (nSPS) is 10.1. The topological polar surface area (TPSA) is 93.8 Å². The third-order valence-corrected chi connectivity index (χ3v) is 2.43. The summed E-state index contributed by atoms with van der Waals surface area (Å²) in [4.78, 5) is 23.6. The number of carbonyl (C=O) groups excluding carboxylic acids is 1. The zero-order valence-corrected chi connectivity index (χ0v) is 10.3. The SMILES string of the molecule is Cc1ncc(N)cc1C(=O)Nc1cc(Cl)ncn1. The molecule has 0 atom stereocenters. The number of halogens is 1. The Hall–Kier alpha value is -2.21. The lowest BCUT2D eigenvalue weighted by Gasteiger charge is -2.07. The molecule has 0 saturated heterocycles. The first-order valence-electron chi connectivity index (χ1n) is 5.07. The van der Waals surface area contributed by atoms with Crippen LogP contribution in [0.2, 0.25) is 5.15 Å². The number of rotatable bonds is 2. The number of hydrogen-bond donors (Lipinski definition) is 2. The second-order valence-corrected chi connectivity index (χ2v) is 3.97. The quantitative estimate of drug-likeness (QED) is 0.804. The van der Waals surface area contributed by atoms with Gasteiger partial charge in [-0.1, -0.05) is 11.6 Å². The highest BCUT2D eigenvalue weighted by molar-refractivity contribution is 6.29. The average Bonchev–Trinajstić information content (AvgIpc) is 2.32. The Labute approximate surface area is 108 Å². The highest BCUT2D eigenvalue weighted by Crippen LogP contribution is 2.13. The first-order valence-corrected chi connectivity index (χ1v) is 5.45. The molecule has 0 saturated carbocycles. The molecule has 3 N–H and O–H groups in total. The smallest absolute Gasteiger partial charge is 0.258 e. The van der Waals surface area contributed by atoms with Crippen LogP contribution in [-0.4, -0.2) is 20.9 Å². The van der Waals surface area contributed by atoms with Crippen LogP contribution in [0.15, 0.2) is 24.7 Å². The van der Waals surface area contributed by atoms with E-state index in [0.717, 1.165) is 0 Å². The predicted octanol–water partition coefficient (Wildman–Crippen LogP) is 1.67. The Morgan fingerprint density at radius 3 is 2.83 bits per heavy atom. The minimum Gasteiger partial charge on any atom is -0.397 e. The van der Waals surface area contributed by atoms with E-state index in [4.69, 9.17) is 17.3 Å². The summed E-state index contributed by atoms with van der Waals surface area (Å²) in [5.74, 6) is -0.0242. The van der Waals surface area contributed by atoms with E-state index in [1.807, 2.05) is 0 Å². The van der Waals surface area contributed by atoms with E-state index in [1.165, 1.54) is 18.6 Å². The Balaban J connectivity index is 2.24. The fourth-order valence-electron chi connectivity index (χ4n) is 1.36. The maximum Gasteiger partial charge on any atom is 0.258 e. The van der Waals surface area contributed by atoms with Crippen molar-refractivity contribution in [2.45, 2.75) is 6.92 Å². The maximum absolute atomic E-state index is 12.0. The van der Waals surface area contributed by atoms with Gasteiger partial charge in [-0.2, -0.15) is 0 Å². The van der Waals surface area contributed by atoms with E-state index >= 15 is 0 Å². The van der Waals surface area contributed by atoms with Gasteiger partial charge in [-0.05, 0) is 13.0 Å². The van der Waals surface area contributed by atoms with Crippen molar-refractivity contribution >= 4 is 29.0 Å². The van der Waals surface area contributed by atoms with Crippen molar-refractivity contribution in [3.8, 4) is 0 Å². The molecule has 2 heterocycles. The molecule has 0 bridgehead atoms. The van der Waals surface area contributed by atoms with Gasteiger partial charge in [-0.3, -0.25) is 9.78 Å². The number of carbonyl (C=O) groups is 1. The van der Waals surface area contributed by atoms with Gasteiger partial charge in [0.15, 0.2) is 0 Å². The molecule has 0 spiro atoms. The van der Waals surface area contributed by atoms with Gasteiger partial charge in [0.05, 0.1) is 23.1 Å². The van der Waals surface area contributed by atoms with Gasteiger partial charge in [-0.15, -0.1) is 0 Å². The minimum absolute atomic E-state index is 0.253. The van der Waals surface area contributed by atoms with E-state index in [9.17, 15) is 4.79 Å². The number of nitrogens with one attached hydrogen (secondary N) is 1. The van der Waals surface area contributed by atoms with Gasteiger partial charge in [0.25, 0.3) is 5.91 Å². The largest absolute Gasteiger partial charge is 0.397 e. The first kappa shape index (κ1) is 12.3. The van der Waals surface area contributed by atoms with Crippen molar-refractivity contribution in [1.82, 2.24) is 15.0 Å². The summed E-state index contributed by atoms with van der Waals surface area (Å²) in [6.45, 7) is 1.72. The van der Waals surface area contributed by atoms with E-state index in [0.29, 0.717) is 22.8 Å². The fraction of sp³-hybridized carbons (Fsp3) is 0.0909. The molecule has 0 aliphatic heterocycles. The second kappa shape index (κ2) is 4.97. The molecule has 2 rings (SSSR count). The number of anilines is 2. The number of nitrogen functional groups attached to an aromatic ring is 1. The standard InChI is InChI=1S/C11H10ClN5O/c1-6-8(2-7(13)4-14-6)11(18)17-10-3-9(12)15-5-16-10/h2-5H,13H2,1H3,(H,15,16,17,18). The lowest BCUT2D eigenvalue weighted by molar-refractivity contribution is 0.102. The molecule has 92 valence electrons. The second-order valence-electron chi connectivity index (χ2n) is 3.58. The van der Waals surface area contributed by atoms with Crippen molar-refractivity contribution in [2.24, 2.45) is 0 Å². The van der Waals surface area contributed by atoms with Crippen LogP contribution in [-0.2, 0) is 0 Å². The minimum atomic E-state index is -0.345. The van der Waals surface area contributed by atoms with Crippen molar-refractivity contribution < 1.29 is 4.79 Å². The Bertz CT molecular complexity index is 602. The molecule has 0 aliphatic rings. The number of hydrogen-bond acceptors (Lipinski definition) is 5. The third kappa shape index (κ3) is 2.72. The highest BCUT2D eigenvalue weighted by atomic mass is 35.5. The van der Waals surface area contributed by atoms with Crippen LogP contribution in [0.3, 0.4) is 0 Å². The number of aromatic nitrogens is 3. The summed E-state index contributed by atoms with van der Waals surface area (Å²) in [6, 6.07) is 3.01. The zero-order chi connectivity index (χ0) is 13.1. The summed E-state index contributed by atoms with van der Waals surface area (Å²) < 4.78 is 0. The molecule has 7 heteroatoms. The Morgan fingerprint density at radius 1 is 1.33 bits per heavy atom. The van der Waals surface area contributed by atoms with Crippen LogP contribution in [0.1, 0.15) is 16.1 Å². The lowest BCUT2D eigenvalue weighted by Crippen LogP contribution is -2.15.